The van der Waals surface area contributed by atoms with Crippen LogP contribution < -0.4 is 14.8 Å². The molecule has 1 unspecified atom stereocenters. The molecule has 1 atom stereocenters. The van der Waals surface area contributed by atoms with Gasteiger partial charge in [-0.3, -0.25) is 0 Å². The standard InChI is InChI=1S/C14H21NO2S/c1-11(15-2)6-9-18-12-4-5-13-14(10-12)17-8-3-7-16-13/h4-5,10-11,15H,3,6-9H2,1-2H3. The normalized spacial score (nSPS) is 16.1. The number of hydrogen-bond acceptors (Lipinski definition) is 4. The van der Waals surface area contributed by atoms with E-state index >= 15 is 0 Å². The molecular weight excluding hydrogens is 246 g/mol. The second-order valence-corrected chi connectivity index (χ2v) is 5.65. The van der Waals surface area contributed by atoms with Gasteiger partial charge in [-0.2, -0.15) is 0 Å². The molecule has 1 aromatic rings. The van der Waals surface area contributed by atoms with Gasteiger partial charge in [0.05, 0.1) is 13.2 Å². The van der Waals surface area contributed by atoms with E-state index in [1.54, 1.807) is 0 Å². The minimum atomic E-state index is 0.568. The van der Waals surface area contributed by atoms with Crippen molar-refractivity contribution in [2.45, 2.75) is 30.7 Å². The molecule has 18 heavy (non-hydrogen) atoms. The highest BCUT2D eigenvalue weighted by atomic mass is 32.2. The number of rotatable bonds is 5. The third kappa shape index (κ3) is 3.82. The lowest BCUT2D eigenvalue weighted by Crippen LogP contribution is -2.21. The summed E-state index contributed by atoms with van der Waals surface area (Å²) in [7, 11) is 2.00. The molecule has 0 radical (unpaired) electrons. The van der Waals surface area contributed by atoms with E-state index in [1.807, 2.05) is 24.9 Å². The Morgan fingerprint density at radius 1 is 1.28 bits per heavy atom. The Hall–Kier alpha value is -0.870. The third-order valence-corrected chi connectivity index (χ3v) is 4.06. The number of hydrogen-bond donors (Lipinski definition) is 1. The van der Waals surface area contributed by atoms with Crippen molar-refractivity contribution in [3.05, 3.63) is 18.2 Å². The van der Waals surface area contributed by atoms with Crippen molar-refractivity contribution in [3.8, 4) is 11.5 Å². The van der Waals surface area contributed by atoms with Crippen LogP contribution in [-0.2, 0) is 0 Å². The van der Waals surface area contributed by atoms with Gasteiger partial charge in [-0.05, 0) is 44.3 Å². The van der Waals surface area contributed by atoms with E-state index in [0.29, 0.717) is 6.04 Å². The maximum atomic E-state index is 5.69. The summed E-state index contributed by atoms with van der Waals surface area (Å²) in [6.07, 6.45) is 2.12. The summed E-state index contributed by atoms with van der Waals surface area (Å²) >= 11 is 1.87. The van der Waals surface area contributed by atoms with Crippen LogP contribution in [0.3, 0.4) is 0 Å². The SMILES string of the molecule is CNC(C)CCSc1ccc2c(c1)OCCCO2. The number of benzene rings is 1. The first-order valence-corrected chi connectivity index (χ1v) is 7.48. The van der Waals surface area contributed by atoms with Crippen molar-refractivity contribution < 1.29 is 9.47 Å². The van der Waals surface area contributed by atoms with E-state index in [0.717, 1.165) is 43.3 Å². The maximum Gasteiger partial charge on any atom is 0.162 e. The van der Waals surface area contributed by atoms with Gasteiger partial charge in [0.1, 0.15) is 0 Å². The molecule has 0 aliphatic carbocycles. The molecule has 0 bridgehead atoms. The van der Waals surface area contributed by atoms with Gasteiger partial charge in [-0.1, -0.05) is 0 Å². The Balaban J connectivity index is 1.91. The van der Waals surface area contributed by atoms with E-state index < -0.39 is 0 Å². The van der Waals surface area contributed by atoms with E-state index in [-0.39, 0.29) is 0 Å². The molecule has 0 spiro atoms. The van der Waals surface area contributed by atoms with Crippen molar-refractivity contribution in [3.63, 3.8) is 0 Å². The van der Waals surface area contributed by atoms with Crippen molar-refractivity contribution in [1.82, 2.24) is 5.32 Å². The van der Waals surface area contributed by atoms with Crippen molar-refractivity contribution in [2.24, 2.45) is 0 Å². The minimum absolute atomic E-state index is 0.568. The van der Waals surface area contributed by atoms with Crippen molar-refractivity contribution in [2.75, 3.05) is 26.0 Å². The van der Waals surface area contributed by atoms with Crippen molar-refractivity contribution >= 4 is 11.8 Å². The molecule has 4 heteroatoms. The van der Waals surface area contributed by atoms with Crippen LogP contribution in [0.5, 0.6) is 11.5 Å². The number of nitrogens with one attached hydrogen (secondary N) is 1. The van der Waals surface area contributed by atoms with E-state index in [2.05, 4.69) is 24.4 Å². The first-order valence-electron chi connectivity index (χ1n) is 6.49. The Bertz CT molecular complexity index is 384. The molecule has 1 heterocycles. The monoisotopic (exact) mass is 267 g/mol. The minimum Gasteiger partial charge on any atom is -0.490 e. The van der Waals surface area contributed by atoms with E-state index in [1.165, 1.54) is 4.90 Å². The first-order chi connectivity index (χ1) is 8.79. The fourth-order valence-corrected chi connectivity index (χ4v) is 2.79. The average molecular weight is 267 g/mol. The van der Waals surface area contributed by atoms with E-state index in [9.17, 15) is 0 Å². The number of fused-ring (bicyclic) bond motifs is 1. The van der Waals surface area contributed by atoms with Crippen LogP contribution in [0.4, 0.5) is 0 Å². The number of ether oxygens (including phenoxy) is 2. The first kappa shape index (κ1) is 13.6. The lowest BCUT2D eigenvalue weighted by molar-refractivity contribution is 0.297. The summed E-state index contributed by atoms with van der Waals surface area (Å²) in [6, 6.07) is 6.79. The largest absolute Gasteiger partial charge is 0.490 e. The highest BCUT2D eigenvalue weighted by molar-refractivity contribution is 7.99. The smallest absolute Gasteiger partial charge is 0.162 e. The van der Waals surface area contributed by atoms with Gasteiger partial charge in [0.25, 0.3) is 0 Å². The summed E-state index contributed by atoms with van der Waals surface area (Å²) in [4.78, 5) is 1.25. The summed E-state index contributed by atoms with van der Waals surface area (Å²) in [6.45, 7) is 3.70. The van der Waals surface area contributed by atoms with Gasteiger partial charge in [0.2, 0.25) is 0 Å². The maximum absolute atomic E-state index is 5.69. The number of thioether (sulfide) groups is 1. The molecule has 2 rings (SSSR count). The predicted molar refractivity (Wildman–Crippen MR) is 75.9 cm³/mol. The zero-order valence-corrected chi connectivity index (χ0v) is 11.9. The lowest BCUT2D eigenvalue weighted by atomic mass is 10.3. The molecule has 1 N–H and O–H groups in total. The zero-order chi connectivity index (χ0) is 12.8. The Kier molecular flexibility index (Phi) is 5.20. The summed E-state index contributed by atoms with van der Waals surface area (Å²) in [5.41, 5.74) is 0. The van der Waals surface area contributed by atoms with Crippen LogP contribution in [0.2, 0.25) is 0 Å². The average Bonchev–Trinajstić information content (AvgIpc) is 2.63. The summed E-state index contributed by atoms with van der Waals surface area (Å²) in [5, 5.41) is 3.25. The van der Waals surface area contributed by atoms with Crippen LogP contribution in [0, 0.1) is 0 Å². The van der Waals surface area contributed by atoms with Crippen LogP contribution in [-0.4, -0.2) is 32.1 Å². The lowest BCUT2D eigenvalue weighted by Gasteiger charge is -2.11. The molecule has 0 aromatic heterocycles. The van der Waals surface area contributed by atoms with Gasteiger partial charge < -0.3 is 14.8 Å². The molecule has 1 aromatic carbocycles. The van der Waals surface area contributed by atoms with Crippen LogP contribution in [0.1, 0.15) is 19.8 Å². The quantitative estimate of drug-likeness (QED) is 0.831. The highest BCUT2D eigenvalue weighted by Gasteiger charge is 2.10. The summed E-state index contributed by atoms with van der Waals surface area (Å²) < 4.78 is 11.3. The zero-order valence-electron chi connectivity index (χ0n) is 11.1. The van der Waals surface area contributed by atoms with Gasteiger partial charge in [-0.15, -0.1) is 11.8 Å². The molecule has 100 valence electrons. The molecule has 0 fully saturated rings. The third-order valence-electron chi connectivity index (χ3n) is 3.03. The van der Waals surface area contributed by atoms with Gasteiger partial charge in [0.15, 0.2) is 11.5 Å². The van der Waals surface area contributed by atoms with Crippen molar-refractivity contribution in [1.29, 1.82) is 0 Å². The molecule has 0 saturated heterocycles. The Morgan fingerprint density at radius 2 is 2.06 bits per heavy atom. The Labute approximate surface area is 113 Å². The summed E-state index contributed by atoms with van der Waals surface area (Å²) in [5.74, 6) is 2.88. The fraction of sp³-hybridized carbons (Fsp3) is 0.571. The Morgan fingerprint density at radius 3 is 2.83 bits per heavy atom. The molecule has 1 aliphatic rings. The van der Waals surface area contributed by atoms with Gasteiger partial charge in [0, 0.05) is 17.4 Å². The second-order valence-electron chi connectivity index (χ2n) is 4.49. The molecule has 0 amide bonds. The molecule has 3 nitrogen and oxygen atoms in total. The fourth-order valence-electron chi connectivity index (χ4n) is 1.73. The van der Waals surface area contributed by atoms with Crippen LogP contribution in [0.15, 0.2) is 23.1 Å². The second kappa shape index (κ2) is 6.90. The van der Waals surface area contributed by atoms with Gasteiger partial charge in [-0.25, -0.2) is 0 Å². The molecular formula is C14H21NO2S. The molecule has 0 saturated carbocycles. The highest BCUT2D eigenvalue weighted by Crippen LogP contribution is 2.34. The van der Waals surface area contributed by atoms with E-state index in [4.69, 9.17) is 9.47 Å². The van der Waals surface area contributed by atoms with Gasteiger partial charge >= 0.3 is 0 Å². The van der Waals surface area contributed by atoms with Crippen LogP contribution >= 0.6 is 11.8 Å². The predicted octanol–water partition coefficient (Wildman–Crippen LogP) is 2.94. The topological polar surface area (TPSA) is 30.5 Å². The molecule has 1 aliphatic heterocycles. The van der Waals surface area contributed by atoms with Crippen LogP contribution in [0.25, 0.3) is 0 Å².